The first-order chi connectivity index (χ1) is 8.74. The van der Waals surface area contributed by atoms with Gasteiger partial charge in [-0.15, -0.1) is 0 Å². The molecule has 4 heteroatoms. The number of allylic oxidation sites excluding steroid dienone is 1. The molecule has 1 aliphatic heterocycles. The molecule has 2 nitrogen and oxygen atoms in total. The summed E-state index contributed by atoms with van der Waals surface area (Å²) in [4.78, 5) is 4.28. The monoisotopic (exact) mass is 326 g/mol. The van der Waals surface area contributed by atoms with E-state index >= 15 is 0 Å². The second-order valence-electron chi connectivity index (χ2n) is 5.13. The van der Waals surface area contributed by atoms with Crippen LogP contribution in [0.15, 0.2) is 22.9 Å². The minimum atomic E-state index is 0.640. The van der Waals surface area contributed by atoms with Crippen molar-refractivity contribution in [2.45, 2.75) is 31.7 Å². The van der Waals surface area contributed by atoms with Crippen molar-refractivity contribution >= 4 is 33.1 Å². The van der Waals surface area contributed by atoms with Gasteiger partial charge in [-0.25, -0.2) is 4.98 Å². The highest BCUT2D eigenvalue weighted by Crippen LogP contribution is 2.35. The lowest BCUT2D eigenvalue weighted by atomic mass is 9.78. The molecule has 1 fully saturated rings. The number of nitrogens with one attached hydrogen (secondary N) is 1. The van der Waals surface area contributed by atoms with Crippen LogP contribution in [-0.4, -0.2) is 17.6 Å². The molecule has 1 aliphatic carbocycles. The summed E-state index contributed by atoms with van der Waals surface area (Å²) >= 11 is 9.45. The van der Waals surface area contributed by atoms with E-state index in [9.17, 15) is 0 Å². The van der Waals surface area contributed by atoms with Gasteiger partial charge in [-0.1, -0.05) is 17.7 Å². The topological polar surface area (TPSA) is 24.9 Å². The molecular formula is C14H16BrClN2. The van der Waals surface area contributed by atoms with Crippen molar-refractivity contribution in [1.82, 2.24) is 10.3 Å². The predicted octanol–water partition coefficient (Wildman–Crippen LogP) is 4.04. The molecule has 0 amide bonds. The molecule has 3 rings (SSSR count). The Bertz CT molecular complexity index is 487. The molecular weight excluding hydrogens is 312 g/mol. The number of aromatic nitrogens is 1. The Morgan fingerprint density at radius 3 is 3.17 bits per heavy atom. The highest BCUT2D eigenvalue weighted by atomic mass is 79.9. The zero-order chi connectivity index (χ0) is 12.5. The third-order valence-electron chi connectivity index (χ3n) is 4.00. The lowest BCUT2D eigenvalue weighted by Crippen LogP contribution is -2.42. The van der Waals surface area contributed by atoms with Gasteiger partial charge in [0.05, 0.1) is 5.02 Å². The van der Waals surface area contributed by atoms with Crippen LogP contribution in [0, 0.1) is 5.92 Å². The van der Waals surface area contributed by atoms with E-state index in [1.54, 1.807) is 0 Å². The maximum absolute atomic E-state index is 6.12. The fourth-order valence-electron chi connectivity index (χ4n) is 2.99. The minimum absolute atomic E-state index is 0.640. The lowest BCUT2D eigenvalue weighted by molar-refractivity contribution is 0.278. The molecule has 0 spiro atoms. The predicted molar refractivity (Wildman–Crippen MR) is 78.7 cm³/mol. The number of hydrogen-bond acceptors (Lipinski definition) is 2. The maximum atomic E-state index is 6.12. The third-order valence-corrected chi connectivity index (χ3v) is 5.15. The third kappa shape index (κ3) is 2.49. The van der Waals surface area contributed by atoms with Gasteiger partial charge >= 0.3 is 0 Å². The largest absolute Gasteiger partial charge is 0.313 e. The van der Waals surface area contributed by atoms with Crippen LogP contribution in [0.5, 0.6) is 0 Å². The standard InChI is InChI=1S/C14H16BrClN2/c15-14-12(16)6-11(8-18-14)10-4-3-9-2-1-5-17-13(9)7-10/h4,6,8-9,13,17H,1-3,5,7H2. The average Bonchev–Trinajstić information content (AvgIpc) is 2.41. The van der Waals surface area contributed by atoms with Crippen molar-refractivity contribution in [3.05, 3.63) is 33.5 Å². The summed E-state index contributed by atoms with van der Waals surface area (Å²) in [6.07, 6.45) is 9.24. The van der Waals surface area contributed by atoms with Crippen LogP contribution in [-0.2, 0) is 0 Å². The minimum Gasteiger partial charge on any atom is -0.313 e. The van der Waals surface area contributed by atoms with Crippen molar-refractivity contribution in [2.75, 3.05) is 6.54 Å². The SMILES string of the molecule is Clc1cc(C2=CCC3CCCNC3C2)cnc1Br. The van der Waals surface area contributed by atoms with Gasteiger partial charge in [-0.2, -0.15) is 0 Å². The average molecular weight is 328 g/mol. The van der Waals surface area contributed by atoms with E-state index in [-0.39, 0.29) is 0 Å². The highest BCUT2D eigenvalue weighted by molar-refractivity contribution is 9.10. The van der Waals surface area contributed by atoms with Crippen LogP contribution < -0.4 is 5.32 Å². The molecule has 2 atom stereocenters. The number of nitrogens with zero attached hydrogens (tertiary/aromatic N) is 1. The van der Waals surface area contributed by atoms with Gasteiger partial charge in [0.25, 0.3) is 0 Å². The van der Waals surface area contributed by atoms with Gasteiger partial charge in [-0.05, 0) is 71.3 Å². The molecule has 1 aromatic rings. The van der Waals surface area contributed by atoms with Gasteiger partial charge in [0.2, 0.25) is 0 Å². The van der Waals surface area contributed by atoms with E-state index < -0.39 is 0 Å². The Labute approximate surface area is 121 Å². The molecule has 0 saturated carbocycles. The van der Waals surface area contributed by atoms with Crippen molar-refractivity contribution < 1.29 is 0 Å². The molecule has 18 heavy (non-hydrogen) atoms. The zero-order valence-corrected chi connectivity index (χ0v) is 12.5. The van der Waals surface area contributed by atoms with Gasteiger partial charge in [0.15, 0.2) is 0 Å². The van der Waals surface area contributed by atoms with Gasteiger partial charge < -0.3 is 5.32 Å². The Hall–Kier alpha value is -0.380. The molecule has 1 N–H and O–H groups in total. The van der Waals surface area contributed by atoms with E-state index in [2.05, 4.69) is 32.3 Å². The van der Waals surface area contributed by atoms with Crippen LogP contribution in [0.2, 0.25) is 5.02 Å². The molecule has 2 unspecified atom stereocenters. The first-order valence-corrected chi connectivity index (χ1v) is 7.65. The van der Waals surface area contributed by atoms with E-state index in [0.29, 0.717) is 11.1 Å². The summed E-state index contributed by atoms with van der Waals surface area (Å²) in [5.41, 5.74) is 2.54. The fraction of sp³-hybridized carbons (Fsp3) is 0.500. The van der Waals surface area contributed by atoms with Crippen LogP contribution in [0.3, 0.4) is 0 Å². The van der Waals surface area contributed by atoms with Crippen LogP contribution in [0.1, 0.15) is 31.2 Å². The quantitative estimate of drug-likeness (QED) is 0.787. The number of halogens is 2. The lowest BCUT2D eigenvalue weighted by Gasteiger charge is -2.36. The fourth-order valence-corrected chi connectivity index (χ4v) is 3.37. The summed E-state index contributed by atoms with van der Waals surface area (Å²) in [5, 5.41) is 4.33. The molecule has 2 heterocycles. The van der Waals surface area contributed by atoms with Crippen LogP contribution >= 0.6 is 27.5 Å². The molecule has 0 bridgehead atoms. The van der Waals surface area contributed by atoms with Crippen molar-refractivity contribution in [2.24, 2.45) is 5.92 Å². The summed E-state index contributed by atoms with van der Waals surface area (Å²) in [5.74, 6) is 0.821. The van der Waals surface area contributed by atoms with Crippen molar-refractivity contribution in [1.29, 1.82) is 0 Å². The Morgan fingerprint density at radius 1 is 1.44 bits per heavy atom. The van der Waals surface area contributed by atoms with Gasteiger partial charge in [0, 0.05) is 12.2 Å². The normalized spacial score (nSPS) is 27.6. The molecule has 1 saturated heterocycles. The molecule has 2 aliphatic rings. The Balaban J connectivity index is 1.84. The molecule has 0 aromatic carbocycles. The number of rotatable bonds is 1. The number of hydrogen-bond donors (Lipinski definition) is 1. The summed E-state index contributed by atoms with van der Waals surface area (Å²) in [6.45, 7) is 1.16. The number of piperidine rings is 1. The number of pyridine rings is 1. The van der Waals surface area contributed by atoms with E-state index in [1.807, 2.05) is 12.3 Å². The number of fused-ring (bicyclic) bond motifs is 1. The maximum Gasteiger partial charge on any atom is 0.124 e. The van der Waals surface area contributed by atoms with E-state index in [4.69, 9.17) is 11.6 Å². The van der Waals surface area contributed by atoms with Crippen LogP contribution in [0.4, 0.5) is 0 Å². The molecule has 96 valence electrons. The summed E-state index contributed by atoms with van der Waals surface area (Å²) < 4.78 is 0.720. The second-order valence-corrected chi connectivity index (χ2v) is 6.29. The van der Waals surface area contributed by atoms with Crippen LogP contribution in [0.25, 0.3) is 5.57 Å². The second kappa shape index (κ2) is 5.32. The summed E-state index contributed by atoms with van der Waals surface area (Å²) in [6, 6.07) is 2.65. The highest BCUT2D eigenvalue weighted by Gasteiger charge is 2.28. The van der Waals surface area contributed by atoms with Crippen molar-refractivity contribution in [3.8, 4) is 0 Å². The molecule has 1 aromatic heterocycles. The van der Waals surface area contributed by atoms with Crippen molar-refractivity contribution in [3.63, 3.8) is 0 Å². The Kier molecular flexibility index (Phi) is 3.73. The van der Waals surface area contributed by atoms with Gasteiger partial charge in [-0.3, -0.25) is 0 Å². The summed E-state index contributed by atoms with van der Waals surface area (Å²) in [7, 11) is 0. The zero-order valence-electron chi connectivity index (χ0n) is 10.1. The smallest absolute Gasteiger partial charge is 0.124 e. The molecule has 0 radical (unpaired) electrons. The van der Waals surface area contributed by atoms with E-state index in [0.717, 1.165) is 29.1 Å². The first kappa shape index (κ1) is 12.6. The Morgan fingerprint density at radius 2 is 2.33 bits per heavy atom. The van der Waals surface area contributed by atoms with Gasteiger partial charge in [0.1, 0.15) is 4.60 Å². The van der Waals surface area contributed by atoms with E-state index in [1.165, 1.54) is 24.8 Å². The first-order valence-electron chi connectivity index (χ1n) is 6.48.